The molecule has 2 aromatic heterocycles. The number of nitrogens with zero attached hydrogens (tertiary/aromatic N) is 5. The van der Waals surface area contributed by atoms with Crippen LogP contribution in [0.1, 0.15) is 16.7 Å². The molecule has 0 aliphatic carbocycles. The van der Waals surface area contributed by atoms with Crippen LogP contribution in [0.25, 0.3) is 11.7 Å². The monoisotopic (exact) mass is 645 g/mol. The van der Waals surface area contributed by atoms with Gasteiger partial charge in [0.1, 0.15) is 21.6 Å². The first kappa shape index (κ1) is 30.6. The van der Waals surface area contributed by atoms with Crippen LogP contribution in [0.5, 0.6) is 11.5 Å². The van der Waals surface area contributed by atoms with Gasteiger partial charge in [0.15, 0.2) is 11.5 Å². The van der Waals surface area contributed by atoms with Gasteiger partial charge in [-0.15, -0.1) is 0 Å². The second-order valence-electron chi connectivity index (χ2n) is 10.7. The molecule has 2 fully saturated rings. The van der Waals surface area contributed by atoms with Crippen molar-refractivity contribution in [1.29, 1.82) is 0 Å². The number of carbonyl (C=O) groups is 1. The third-order valence-corrected chi connectivity index (χ3v) is 9.44. The molecule has 0 bridgehead atoms. The number of amides is 1. The number of carbonyl (C=O) groups excluding carboxylic acids is 1. The highest BCUT2D eigenvalue weighted by Gasteiger charge is 2.33. The van der Waals surface area contributed by atoms with Gasteiger partial charge in [-0.3, -0.25) is 18.9 Å². The Balaban J connectivity index is 1.29. The third kappa shape index (κ3) is 5.99. The van der Waals surface area contributed by atoms with Gasteiger partial charge >= 0.3 is 0 Å². The largest absolute Gasteiger partial charge is 0.493 e. The van der Waals surface area contributed by atoms with E-state index in [1.807, 2.05) is 47.1 Å². The van der Waals surface area contributed by atoms with Gasteiger partial charge in [0, 0.05) is 38.9 Å². The quantitative estimate of drug-likeness (QED) is 0.196. The number of hydrogen-bond donors (Lipinski definition) is 0. The Morgan fingerprint density at radius 3 is 2.44 bits per heavy atom. The first-order chi connectivity index (χ1) is 21.8. The van der Waals surface area contributed by atoms with Crippen molar-refractivity contribution in [1.82, 2.24) is 14.3 Å². The maximum atomic E-state index is 14.5. The smallest absolute Gasteiger partial charge is 0.267 e. The fraction of sp³-hybridized carbons (Fsp3) is 0.273. The van der Waals surface area contributed by atoms with Crippen molar-refractivity contribution in [3.05, 3.63) is 98.6 Å². The van der Waals surface area contributed by atoms with Crippen LogP contribution in [0.3, 0.4) is 0 Å². The topological polar surface area (TPSA) is 79.6 Å². The van der Waals surface area contributed by atoms with E-state index in [4.69, 9.17) is 26.7 Å². The SMILES string of the molecule is COc1ccc(CCN2C(=O)/C(=C\c3c(N4CCN(c5ccccc5F)CC4)nc4c(C)cccn4c3=O)SC2=S)cc1OC. The summed E-state index contributed by atoms with van der Waals surface area (Å²) in [6, 6.07) is 16.1. The van der Waals surface area contributed by atoms with Crippen molar-refractivity contribution in [2.45, 2.75) is 13.3 Å². The third-order valence-electron chi connectivity index (χ3n) is 8.06. The molecular weight excluding hydrogens is 614 g/mol. The molecule has 0 saturated carbocycles. The van der Waals surface area contributed by atoms with Gasteiger partial charge < -0.3 is 19.3 Å². The number of para-hydroxylation sites is 1. The first-order valence-corrected chi connectivity index (χ1v) is 15.7. The predicted molar refractivity (Wildman–Crippen MR) is 180 cm³/mol. The molecule has 2 aromatic carbocycles. The summed E-state index contributed by atoms with van der Waals surface area (Å²) < 4.78 is 27.2. The fourth-order valence-corrected chi connectivity index (χ4v) is 6.93. The highest BCUT2D eigenvalue weighted by atomic mass is 32.2. The minimum Gasteiger partial charge on any atom is -0.493 e. The van der Waals surface area contributed by atoms with Gasteiger partial charge in [-0.1, -0.05) is 48.2 Å². The van der Waals surface area contributed by atoms with Crippen molar-refractivity contribution in [3.63, 3.8) is 0 Å². The Morgan fingerprint density at radius 1 is 0.978 bits per heavy atom. The number of halogens is 1. The van der Waals surface area contributed by atoms with Crippen molar-refractivity contribution in [3.8, 4) is 11.5 Å². The number of thiocarbonyl (C=S) groups is 1. The number of rotatable bonds is 8. The first-order valence-electron chi connectivity index (χ1n) is 14.5. The summed E-state index contributed by atoms with van der Waals surface area (Å²) in [6.45, 7) is 4.42. The zero-order valence-corrected chi connectivity index (χ0v) is 26.8. The van der Waals surface area contributed by atoms with Crippen molar-refractivity contribution < 1.29 is 18.7 Å². The molecule has 232 valence electrons. The molecule has 0 N–H and O–H groups in total. The Labute approximate surface area is 269 Å². The average molecular weight is 646 g/mol. The molecule has 0 atom stereocenters. The van der Waals surface area contributed by atoms with Gasteiger partial charge in [-0.25, -0.2) is 9.37 Å². The number of aryl methyl sites for hydroxylation is 1. The van der Waals surface area contributed by atoms with Crippen LogP contribution in [0.15, 0.2) is 70.5 Å². The van der Waals surface area contributed by atoms with E-state index in [-0.39, 0.29) is 17.3 Å². The van der Waals surface area contributed by atoms with E-state index in [2.05, 4.69) is 0 Å². The van der Waals surface area contributed by atoms with Crippen LogP contribution < -0.4 is 24.8 Å². The molecule has 9 nitrogen and oxygen atoms in total. The molecule has 0 radical (unpaired) electrons. The van der Waals surface area contributed by atoms with Crippen LogP contribution in [0, 0.1) is 12.7 Å². The number of anilines is 2. The van der Waals surface area contributed by atoms with E-state index in [0.717, 1.165) is 11.1 Å². The van der Waals surface area contributed by atoms with Crippen LogP contribution >= 0.6 is 24.0 Å². The lowest BCUT2D eigenvalue weighted by atomic mass is 10.1. The number of aromatic nitrogens is 2. The molecule has 2 aliphatic heterocycles. The average Bonchev–Trinajstić information content (AvgIpc) is 3.32. The highest BCUT2D eigenvalue weighted by molar-refractivity contribution is 8.26. The molecule has 45 heavy (non-hydrogen) atoms. The summed E-state index contributed by atoms with van der Waals surface area (Å²) in [6.07, 6.45) is 3.86. The summed E-state index contributed by atoms with van der Waals surface area (Å²) >= 11 is 6.78. The van der Waals surface area contributed by atoms with Gasteiger partial charge in [-0.2, -0.15) is 0 Å². The zero-order valence-electron chi connectivity index (χ0n) is 25.2. The molecule has 1 amide bonds. The summed E-state index contributed by atoms with van der Waals surface area (Å²) in [5, 5.41) is 0. The van der Waals surface area contributed by atoms with Crippen LogP contribution in [0.4, 0.5) is 15.9 Å². The predicted octanol–water partition coefficient (Wildman–Crippen LogP) is 4.93. The molecule has 0 unspecified atom stereocenters. The van der Waals surface area contributed by atoms with E-state index in [9.17, 15) is 14.0 Å². The van der Waals surface area contributed by atoms with Gasteiger partial charge in [0.2, 0.25) is 0 Å². The number of hydrogen-bond acceptors (Lipinski definition) is 9. The second kappa shape index (κ2) is 12.9. The molecule has 4 aromatic rings. The lowest BCUT2D eigenvalue weighted by molar-refractivity contribution is -0.122. The molecule has 2 saturated heterocycles. The molecule has 4 heterocycles. The standard InChI is InChI=1S/C33H32FN5O4S2/c1-21-7-6-13-38-29(21)35-30(37-17-15-36(16-18-37)25-9-5-4-8-24(25)34)23(31(38)40)20-28-32(41)39(33(44)45-28)14-12-22-10-11-26(42-2)27(19-22)43-3/h4-11,13,19-20H,12,14-18H2,1-3H3/b28-20+. The van der Waals surface area contributed by atoms with Gasteiger partial charge in [0.05, 0.1) is 30.4 Å². The number of benzene rings is 2. The van der Waals surface area contributed by atoms with E-state index in [1.165, 1.54) is 22.2 Å². The Bertz CT molecular complexity index is 1890. The zero-order chi connectivity index (χ0) is 31.7. The summed E-state index contributed by atoms with van der Waals surface area (Å²) in [4.78, 5) is 38.5. The van der Waals surface area contributed by atoms with Gasteiger partial charge in [0.25, 0.3) is 11.5 Å². The summed E-state index contributed by atoms with van der Waals surface area (Å²) in [5.74, 6) is 1.22. The van der Waals surface area contributed by atoms with E-state index >= 15 is 0 Å². The fourth-order valence-electron chi connectivity index (χ4n) is 5.64. The molecule has 2 aliphatic rings. The van der Waals surface area contributed by atoms with E-state index in [0.29, 0.717) is 82.6 Å². The van der Waals surface area contributed by atoms with Crippen molar-refractivity contribution in [2.24, 2.45) is 0 Å². The van der Waals surface area contributed by atoms with Crippen LogP contribution in [-0.2, 0) is 11.2 Å². The lowest BCUT2D eigenvalue weighted by Gasteiger charge is -2.37. The Morgan fingerprint density at radius 2 is 1.71 bits per heavy atom. The number of pyridine rings is 1. The molecule has 0 spiro atoms. The summed E-state index contributed by atoms with van der Waals surface area (Å²) in [7, 11) is 3.16. The molecular formula is C33H32FN5O4S2. The van der Waals surface area contributed by atoms with Crippen LogP contribution in [-0.4, -0.2) is 71.5 Å². The van der Waals surface area contributed by atoms with E-state index in [1.54, 1.807) is 49.6 Å². The number of thioether (sulfide) groups is 1. The maximum absolute atomic E-state index is 14.5. The van der Waals surface area contributed by atoms with Crippen molar-refractivity contribution in [2.75, 3.05) is 56.7 Å². The number of piperazine rings is 1. The minimum atomic E-state index is -0.272. The lowest BCUT2D eigenvalue weighted by Crippen LogP contribution is -2.47. The van der Waals surface area contributed by atoms with Crippen molar-refractivity contribution >= 4 is 57.4 Å². The number of methoxy groups -OCH3 is 2. The second-order valence-corrected chi connectivity index (χ2v) is 12.4. The maximum Gasteiger partial charge on any atom is 0.267 e. The summed E-state index contributed by atoms with van der Waals surface area (Å²) in [5.41, 5.74) is 2.97. The normalized spacial score (nSPS) is 16.3. The Kier molecular flexibility index (Phi) is 8.77. The van der Waals surface area contributed by atoms with E-state index < -0.39 is 0 Å². The number of fused-ring (bicyclic) bond motifs is 1. The van der Waals surface area contributed by atoms with Crippen LogP contribution in [0.2, 0.25) is 0 Å². The number of ether oxygens (including phenoxy) is 2. The highest BCUT2D eigenvalue weighted by Crippen LogP contribution is 2.35. The molecule has 12 heteroatoms. The van der Waals surface area contributed by atoms with Gasteiger partial charge in [-0.05, 0) is 60.9 Å². The minimum absolute atomic E-state index is 0.255. The molecule has 6 rings (SSSR count). The Hall–Kier alpha value is -4.42.